The smallest absolute Gasteiger partial charge is 0.260 e. The number of hydrogen-bond donors (Lipinski definition) is 1. The quantitative estimate of drug-likeness (QED) is 0.601. The average molecular weight is 383 g/mol. The van der Waals surface area contributed by atoms with E-state index in [-0.39, 0.29) is 11.3 Å². The predicted molar refractivity (Wildman–Crippen MR) is 99.3 cm³/mol. The summed E-state index contributed by atoms with van der Waals surface area (Å²) in [5, 5.41) is 4.26. The Morgan fingerprint density at radius 1 is 0.786 bits per heavy atom. The van der Waals surface area contributed by atoms with Crippen molar-refractivity contribution in [1.82, 2.24) is 5.43 Å². The van der Waals surface area contributed by atoms with Gasteiger partial charge in [0.2, 0.25) is 0 Å². The van der Waals surface area contributed by atoms with Gasteiger partial charge in [-0.2, -0.15) is 18.3 Å². The molecule has 0 amide bonds. The second-order valence-corrected chi connectivity index (χ2v) is 6.14. The van der Waals surface area contributed by atoms with Crippen LogP contribution >= 0.6 is 0 Å². The summed E-state index contributed by atoms with van der Waals surface area (Å²) in [6, 6.07) is 17.8. The van der Waals surface area contributed by atoms with Gasteiger partial charge in [-0.05, 0) is 30.3 Å². The molecule has 3 nitrogen and oxygen atoms in total. The molecule has 0 radical (unpaired) electrons. The molecule has 0 fully saturated rings. The van der Waals surface area contributed by atoms with Gasteiger partial charge in [-0.15, -0.1) is 0 Å². The van der Waals surface area contributed by atoms with Gasteiger partial charge in [-0.3, -0.25) is 5.43 Å². The first-order valence-electron chi connectivity index (χ1n) is 8.37. The van der Waals surface area contributed by atoms with Crippen LogP contribution < -0.4 is 5.43 Å². The van der Waals surface area contributed by atoms with E-state index in [1.54, 1.807) is 0 Å². The summed E-state index contributed by atoms with van der Waals surface area (Å²) in [7, 11) is 0. The largest absolute Gasteiger partial charge is 0.416 e. The number of halogens is 4. The summed E-state index contributed by atoms with van der Waals surface area (Å²) >= 11 is 0. The number of hydrazone groups is 1. The lowest BCUT2D eigenvalue weighted by Crippen LogP contribution is -2.19. The van der Waals surface area contributed by atoms with Gasteiger partial charge in [-0.25, -0.2) is 9.38 Å². The molecule has 0 aromatic heterocycles. The van der Waals surface area contributed by atoms with Crippen molar-refractivity contribution in [1.29, 1.82) is 0 Å². The Bertz CT molecular complexity index is 1090. The van der Waals surface area contributed by atoms with Crippen molar-refractivity contribution in [3.05, 3.63) is 101 Å². The molecule has 3 aromatic carbocycles. The first kappa shape index (κ1) is 17.9. The van der Waals surface area contributed by atoms with Crippen LogP contribution in [0.4, 0.5) is 23.2 Å². The first-order chi connectivity index (χ1) is 13.4. The van der Waals surface area contributed by atoms with Gasteiger partial charge in [0.25, 0.3) is 0 Å². The van der Waals surface area contributed by atoms with E-state index >= 15 is 0 Å². The van der Waals surface area contributed by atoms with Crippen LogP contribution in [0.5, 0.6) is 0 Å². The Kier molecular flexibility index (Phi) is 4.43. The van der Waals surface area contributed by atoms with Crippen LogP contribution in [-0.4, -0.2) is 11.5 Å². The highest BCUT2D eigenvalue weighted by Crippen LogP contribution is 2.32. The number of amidine groups is 1. The third-order valence-electron chi connectivity index (χ3n) is 4.23. The van der Waals surface area contributed by atoms with Crippen molar-refractivity contribution >= 4 is 17.2 Å². The Morgan fingerprint density at radius 3 is 2.29 bits per heavy atom. The van der Waals surface area contributed by atoms with Crippen LogP contribution in [0.25, 0.3) is 0 Å². The normalized spacial score (nSPS) is 13.7. The molecule has 0 aliphatic carbocycles. The molecule has 4 rings (SSSR count). The zero-order valence-electron chi connectivity index (χ0n) is 14.3. The third-order valence-corrected chi connectivity index (χ3v) is 4.23. The fourth-order valence-corrected chi connectivity index (χ4v) is 2.90. The lowest BCUT2D eigenvalue weighted by atomic mass is 9.99. The zero-order valence-corrected chi connectivity index (χ0v) is 14.3. The number of alkyl halides is 3. The lowest BCUT2D eigenvalue weighted by molar-refractivity contribution is -0.137. The SMILES string of the molecule is Fc1ccc2c(c1)C(c1cccc(C(F)(F)F)c1)=NNC(c1ccccc1)=N2. The highest BCUT2D eigenvalue weighted by Gasteiger charge is 2.31. The molecule has 0 saturated heterocycles. The Morgan fingerprint density at radius 2 is 1.54 bits per heavy atom. The summed E-state index contributed by atoms with van der Waals surface area (Å²) in [5.74, 6) is -0.118. The van der Waals surface area contributed by atoms with Crippen molar-refractivity contribution in [2.24, 2.45) is 10.1 Å². The van der Waals surface area contributed by atoms with E-state index in [0.717, 1.165) is 17.7 Å². The van der Waals surface area contributed by atoms with E-state index in [1.165, 1.54) is 30.3 Å². The molecule has 1 N–H and O–H groups in total. The highest BCUT2D eigenvalue weighted by molar-refractivity contribution is 6.18. The molecule has 0 saturated carbocycles. The fourth-order valence-electron chi connectivity index (χ4n) is 2.90. The maximum Gasteiger partial charge on any atom is 0.416 e. The van der Waals surface area contributed by atoms with E-state index in [1.807, 2.05) is 30.3 Å². The molecule has 0 atom stereocenters. The molecule has 1 aliphatic heterocycles. The molecule has 0 bridgehead atoms. The molecule has 7 heteroatoms. The van der Waals surface area contributed by atoms with Crippen LogP contribution in [0.3, 0.4) is 0 Å². The standard InChI is InChI=1S/C21H13F4N3/c22-16-9-10-18-17(12-16)19(14-7-4-8-15(11-14)21(23,24)25)27-28-20(26-18)13-5-2-1-3-6-13/h1-12H,(H,26,28). The minimum Gasteiger partial charge on any atom is -0.260 e. The second kappa shape index (κ2) is 6.92. The van der Waals surface area contributed by atoms with Gasteiger partial charge in [0, 0.05) is 16.7 Å². The summed E-state index contributed by atoms with van der Waals surface area (Å²) in [6.45, 7) is 0. The van der Waals surface area contributed by atoms with Crippen molar-refractivity contribution in [2.75, 3.05) is 0 Å². The second-order valence-electron chi connectivity index (χ2n) is 6.14. The Hall–Kier alpha value is -3.48. The Labute approximate surface area is 158 Å². The molecule has 28 heavy (non-hydrogen) atoms. The van der Waals surface area contributed by atoms with Gasteiger partial charge >= 0.3 is 6.18 Å². The molecule has 1 aliphatic rings. The molecule has 0 unspecified atom stereocenters. The maximum atomic E-state index is 13.9. The van der Waals surface area contributed by atoms with Gasteiger partial charge in [0.05, 0.1) is 11.3 Å². The molecule has 140 valence electrons. The zero-order chi connectivity index (χ0) is 19.7. The van der Waals surface area contributed by atoms with Gasteiger partial charge in [0.1, 0.15) is 11.5 Å². The van der Waals surface area contributed by atoms with Crippen LogP contribution in [-0.2, 0) is 6.18 Å². The number of rotatable bonds is 2. The molecular formula is C21H13F4N3. The molecular weight excluding hydrogens is 370 g/mol. The van der Waals surface area contributed by atoms with E-state index in [4.69, 9.17) is 0 Å². The van der Waals surface area contributed by atoms with Crippen molar-refractivity contribution in [3.63, 3.8) is 0 Å². The van der Waals surface area contributed by atoms with Crippen molar-refractivity contribution < 1.29 is 17.6 Å². The number of hydrogen-bond acceptors (Lipinski definition) is 3. The lowest BCUT2D eigenvalue weighted by Gasteiger charge is -2.11. The number of nitrogens with zero attached hydrogens (tertiary/aromatic N) is 2. The molecule has 0 spiro atoms. The highest BCUT2D eigenvalue weighted by atomic mass is 19.4. The number of benzene rings is 3. The van der Waals surface area contributed by atoms with Crippen LogP contribution in [0.15, 0.2) is 82.9 Å². The van der Waals surface area contributed by atoms with Crippen LogP contribution in [0, 0.1) is 5.82 Å². The van der Waals surface area contributed by atoms with Gasteiger partial charge in [0.15, 0.2) is 5.84 Å². The van der Waals surface area contributed by atoms with Crippen molar-refractivity contribution in [2.45, 2.75) is 6.18 Å². The predicted octanol–water partition coefficient (Wildman–Crippen LogP) is 5.28. The fraction of sp³-hybridized carbons (Fsp3) is 0.0476. The average Bonchev–Trinajstić information content (AvgIpc) is 2.87. The Balaban J connectivity index is 1.87. The summed E-state index contributed by atoms with van der Waals surface area (Å²) in [5.41, 5.74) is 3.83. The topological polar surface area (TPSA) is 36.8 Å². The maximum absolute atomic E-state index is 13.9. The number of fused-ring (bicyclic) bond motifs is 1. The molecule has 3 aromatic rings. The van der Waals surface area contributed by atoms with Crippen molar-refractivity contribution in [3.8, 4) is 0 Å². The summed E-state index contributed by atoms with van der Waals surface area (Å²) < 4.78 is 53.3. The monoisotopic (exact) mass is 383 g/mol. The first-order valence-corrected chi connectivity index (χ1v) is 8.37. The third kappa shape index (κ3) is 3.51. The molecule has 1 heterocycles. The number of aliphatic imine (C=N–C) groups is 1. The minimum atomic E-state index is -4.49. The van der Waals surface area contributed by atoms with E-state index < -0.39 is 17.6 Å². The van der Waals surface area contributed by atoms with Crippen LogP contribution in [0.1, 0.15) is 22.3 Å². The summed E-state index contributed by atoms with van der Waals surface area (Å²) in [6.07, 6.45) is -4.49. The van der Waals surface area contributed by atoms with Crippen LogP contribution in [0.2, 0.25) is 0 Å². The summed E-state index contributed by atoms with van der Waals surface area (Å²) in [4.78, 5) is 4.50. The minimum absolute atomic E-state index is 0.176. The van der Waals surface area contributed by atoms with Gasteiger partial charge < -0.3 is 0 Å². The van der Waals surface area contributed by atoms with E-state index in [9.17, 15) is 17.6 Å². The number of nitrogens with one attached hydrogen (secondary N) is 1. The van der Waals surface area contributed by atoms with E-state index in [2.05, 4.69) is 15.5 Å². The van der Waals surface area contributed by atoms with E-state index in [0.29, 0.717) is 17.1 Å². The van der Waals surface area contributed by atoms with Gasteiger partial charge in [-0.1, -0.05) is 42.5 Å².